The van der Waals surface area contributed by atoms with Crippen LogP contribution < -0.4 is 0 Å². The molecule has 0 aliphatic carbocycles. The van der Waals surface area contributed by atoms with Crippen molar-refractivity contribution >= 4 is 17.3 Å². The molecule has 21 heavy (non-hydrogen) atoms. The number of carboxylic acids is 1. The molecule has 1 atom stereocenters. The van der Waals surface area contributed by atoms with Crippen LogP contribution in [0.3, 0.4) is 0 Å². The third kappa shape index (κ3) is 3.14. The number of hydrogen-bond donors (Lipinski definition) is 1. The molecule has 5 heteroatoms. The molecule has 1 fully saturated rings. The van der Waals surface area contributed by atoms with E-state index in [-0.39, 0.29) is 6.04 Å². The summed E-state index contributed by atoms with van der Waals surface area (Å²) >= 11 is 1.62. The molecule has 1 aromatic carbocycles. The van der Waals surface area contributed by atoms with Crippen molar-refractivity contribution in [3.63, 3.8) is 0 Å². The Morgan fingerprint density at radius 1 is 1.43 bits per heavy atom. The highest BCUT2D eigenvalue weighted by atomic mass is 32.1. The van der Waals surface area contributed by atoms with Crippen molar-refractivity contribution in [1.29, 1.82) is 0 Å². The first kappa shape index (κ1) is 14.2. The number of aromatic nitrogens is 1. The zero-order chi connectivity index (χ0) is 14.8. The zero-order valence-electron chi connectivity index (χ0n) is 12.0. The van der Waals surface area contributed by atoms with Crippen LogP contribution in [0.25, 0.3) is 10.6 Å². The van der Waals surface area contributed by atoms with Gasteiger partial charge in [0.15, 0.2) is 0 Å². The first-order valence-electron chi connectivity index (χ1n) is 7.12. The molecule has 1 aromatic heterocycles. The van der Waals surface area contributed by atoms with E-state index in [0.717, 1.165) is 35.7 Å². The number of aryl methyl sites for hydroxylation is 1. The number of hydrogen-bond acceptors (Lipinski definition) is 4. The van der Waals surface area contributed by atoms with Crippen molar-refractivity contribution in [1.82, 2.24) is 9.88 Å². The van der Waals surface area contributed by atoms with Gasteiger partial charge in [-0.05, 0) is 26.3 Å². The second-order valence-electron chi connectivity index (χ2n) is 5.48. The highest BCUT2D eigenvalue weighted by Crippen LogP contribution is 2.26. The lowest BCUT2D eigenvalue weighted by atomic mass is 10.2. The van der Waals surface area contributed by atoms with Gasteiger partial charge < -0.3 is 5.11 Å². The van der Waals surface area contributed by atoms with E-state index in [1.807, 2.05) is 10.3 Å². The van der Waals surface area contributed by atoms with Gasteiger partial charge in [0.05, 0.1) is 5.69 Å². The van der Waals surface area contributed by atoms with Crippen LogP contribution in [0.2, 0.25) is 0 Å². The van der Waals surface area contributed by atoms with Crippen LogP contribution in [0.4, 0.5) is 0 Å². The minimum absolute atomic E-state index is 0.352. The van der Waals surface area contributed by atoms with Crippen molar-refractivity contribution in [2.24, 2.45) is 0 Å². The number of likely N-dealkylation sites (tertiary alicyclic amines) is 1. The summed E-state index contributed by atoms with van der Waals surface area (Å²) in [6, 6.07) is 7.96. The van der Waals surface area contributed by atoms with Gasteiger partial charge in [0.2, 0.25) is 0 Å². The Balaban J connectivity index is 1.73. The summed E-state index contributed by atoms with van der Waals surface area (Å²) in [5, 5.41) is 12.2. The third-order valence-electron chi connectivity index (χ3n) is 3.86. The normalized spacial score (nSPS) is 19.0. The van der Waals surface area contributed by atoms with Crippen molar-refractivity contribution in [3.8, 4) is 10.6 Å². The molecule has 0 saturated carbocycles. The average Bonchev–Trinajstić information content (AvgIpc) is 3.09. The number of benzene rings is 1. The Bertz CT molecular complexity index is 636. The quantitative estimate of drug-likeness (QED) is 0.942. The largest absolute Gasteiger partial charge is 0.480 e. The van der Waals surface area contributed by atoms with E-state index in [1.165, 1.54) is 5.56 Å². The van der Waals surface area contributed by atoms with Gasteiger partial charge in [-0.1, -0.05) is 29.8 Å². The van der Waals surface area contributed by atoms with E-state index in [4.69, 9.17) is 0 Å². The lowest BCUT2D eigenvalue weighted by Gasteiger charge is -2.19. The standard InChI is InChI=1S/C16H18N2O2S/c1-11-4-6-12(7-5-11)15-17-13(10-21-15)9-18-8-2-3-14(18)16(19)20/h4-7,10,14H,2-3,8-9H2,1H3,(H,19,20)/t14-/m0/s1. The molecule has 0 amide bonds. The predicted octanol–water partition coefficient (Wildman–Crippen LogP) is 3.17. The monoisotopic (exact) mass is 302 g/mol. The Kier molecular flexibility index (Phi) is 4.03. The summed E-state index contributed by atoms with van der Waals surface area (Å²) < 4.78 is 0. The second-order valence-corrected chi connectivity index (χ2v) is 6.33. The van der Waals surface area contributed by atoms with E-state index < -0.39 is 5.97 Å². The molecule has 0 bridgehead atoms. The minimum atomic E-state index is -0.721. The Morgan fingerprint density at radius 3 is 2.90 bits per heavy atom. The maximum atomic E-state index is 11.2. The highest BCUT2D eigenvalue weighted by Gasteiger charge is 2.30. The van der Waals surface area contributed by atoms with E-state index in [1.54, 1.807) is 11.3 Å². The number of carbonyl (C=O) groups is 1. The second kappa shape index (κ2) is 5.95. The summed E-state index contributed by atoms with van der Waals surface area (Å²) in [6.45, 7) is 3.53. The van der Waals surface area contributed by atoms with Crippen molar-refractivity contribution < 1.29 is 9.90 Å². The Hall–Kier alpha value is -1.72. The topological polar surface area (TPSA) is 53.4 Å². The van der Waals surface area contributed by atoms with E-state index in [0.29, 0.717) is 6.54 Å². The zero-order valence-corrected chi connectivity index (χ0v) is 12.8. The van der Waals surface area contributed by atoms with Crippen LogP contribution >= 0.6 is 11.3 Å². The van der Waals surface area contributed by atoms with Gasteiger partial charge in [0.25, 0.3) is 0 Å². The molecule has 0 radical (unpaired) electrons. The molecular formula is C16H18N2O2S. The summed E-state index contributed by atoms with van der Waals surface area (Å²) in [7, 11) is 0. The smallest absolute Gasteiger partial charge is 0.320 e. The maximum Gasteiger partial charge on any atom is 0.320 e. The van der Waals surface area contributed by atoms with Gasteiger partial charge >= 0.3 is 5.97 Å². The number of aliphatic carboxylic acids is 1. The lowest BCUT2D eigenvalue weighted by molar-refractivity contribution is -0.142. The maximum absolute atomic E-state index is 11.2. The molecular weight excluding hydrogens is 284 g/mol. The SMILES string of the molecule is Cc1ccc(-c2nc(CN3CCC[C@H]3C(=O)O)cs2)cc1. The predicted molar refractivity (Wildman–Crippen MR) is 83.4 cm³/mol. The fourth-order valence-electron chi connectivity index (χ4n) is 2.71. The van der Waals surface area contributed by atoms with Crippen molar-refractivity contribution in [2.75, 3.05) is 6.54 Å². The van der Waals surface area contributed by atoms with Crippen LogP contribution in [0, 0.1) is 6.92 Å². The van der Waals surface area contributed by atoms with Crippen LogP contribution in [-0.2, 0) is 11.3 Å². The summed E-state index contributed by atoms with van der Waals surface area (Å²) in [5.74, 6) is -0.721. The first-order chi connectivity index (χ1) is 10.1. The lowest BCUT2D eigenvalue weighted by Crippen LogP contribution is -2.35. The van der Waals surface area contributed by atoms with Gasteiger partial charge in [-0.25, -0.2) is 4.98 Å². The summed E-state index contributed by atoms with van der Waals surface area (Å²) in [6.07, 6.45) is 1.69. The molecule has 2 heterocycles. The number of nitrogens with zero attached hydrogens (tertiary/aromatic N) is 2. The molecule has 4 nitrogen and oxygen atoms in total. The fourth-order valence-corrected chi connectivity index (χ4v) is 3.53. The van der Waals surface area contributed by atoms with E-state index >= 15 is 0 Å². The highest BCUT2D eigenvalue weighted by molar-refractivity contribution is 7.13. The van der Waals surface area contributed by atoms with Crippen LogP contribution in [0.15, 0.2) is 29.6 Å². The Morgan fingerprint density at radius 2 is 2.19 bits per heavy atom. The molecule has 2 aromatic rings. The van der Waals surface area contributed by atoms with Crippen molar-refractivity contribution in [2.45, 2.75) is 32.4 Å². The Labute approximate surface area is 128 Å². The molecule has 110 valence electrons. The first-order valence-corrected chi connectivity index (χ1v) is 8.00. The molecule has 1 aliphatic rings. The van der Waals surface area contributed by atoms with Gasteiger partial charge in [-0.15, -0.1) is 11.3 Å². The van der Waals surface area contributed by atoms with Gasteiger partial charge in [-0.2, -0.15) is 0 Å². The number of carboxylic acid groups (broad SMARTS) is 1. The molecule has 1 saturated heterocycles. The fraction of sp³-hybridized carbons (Fsp3) is 0.375. The number of rotatable bonds is 4. The minimum Gasteiger partial charge on any atom is -0.480 e. The molecule has 0 unspecified atom stereocenters. The molecule has 1 N–H and O–H groups in total. The van der Waals surface area contributed by atoms with Gasteiger partial charge in [-0.3, -0.25) is 9.69 Å². The summed E-state index contributed by atoms with van der Waals surface area (Å²) in [5.41, 5.74) is 3.31. The average molecular weight is 302 g/mol. The third-order valence-corrected chi connectivity index (χ3v) is 4.80. The van der Waals surface area contributed by atoms with Gasteiger partial charge in [0.1, 0.15) is 11.0 Å². The van der Waals surface area contributed by atoms with Crippen LogP contribution in [0.5, 0.6) is 0 Å². The van der Waals surface area contributed by atoms with Gasteiger partial charge in [0, 0.05) is 17.5 Å². The molecule has 0 spiro atoms. The van der Waals surface area contributed by atoms with Crippen LogP contribution in [0.1, 0.15) is 24.1 Å². The van der Waals surface area contributed by atoms with E-state index in [2.05, 4.69) is 36.2 Å². The van der Waals surface area contributed by atoms with Crippen LogP contribution in [-0.4, -0.2) is 33.5 Å². The van der Waals surface area contributed by atoms with E-state index in [9.17, 15) is 9.90 Å². The molecule has 3 rings (SSSR count). The summed E-state index contributed by atoms with van der Waals surface area (Å²) in [4.78, 5) is 17.9. The molecule has 1 aliphatic heterocycles. The van der Waals surface area contributed by atoms with Crippen molar-refractivity contribution in [3.05, 3.63) is 40.9 Å². The number of thiazole rings is 1.